The van der Waals surface area contributed by atoms with Gasteiger partial charge in [-0.05, 0) is 19.9 Å². The Morgan fingerprint density at radius 2 is 2.31 bits per heavy atom. The maximum atomic E-state index is 5.31. The van der Waals surface area contributed by atoms with E-state index >= 15 is 0 Å². The van der Waals surface area contributed by atoms with Crippen LogP contribution in [0.25, 0.3) is 0 Å². The van der Waals surface area contributed by atoms with E-state index < -0.39 is 0 Å². The first-order chi connectivity index (χ1) is 6.40. The monoisotopic (exact) mass is 180 g/mol. The third-order valence-corrected chi connectivity index (χ3v) is 2.69. The summed E-state index contributed by atoms with van der Waals surface area (Å²) in [7, 11) is 1.92. The number of hydrogen-bond acceptors (Lipinski definition) is 3. The van der Waals surface area contributed by atoms with Crippen molar-refractivity contribution < 1.29 is 4.52 Å². The lowest BCUT2D eigenvalue weighted by molar-refractivity contribution is 0.355. The van der Waals surface area contributed by atoms with Crippen LogP contribution < -0.4 is 5.32 Å². The minimum absolute atomic E-state index is 0.637. The second-order valence-electron chi connectivity index (χ2n) is 3.73. The molecule has 0 bridgehead atoms. The van der Waals surface area contributed by atoms with Crippen molar-refractivity contribution in [2.45, 2.75) is 38.1 Å². The van der Waals surface area contributed by atoms with Crippen LogP contribution >= 0.6 is 0 Å². The molecule has 72 valence electrons. The number of nitrogens with zero attached hydrogens (tertiary/aromatic N) is 1. The van der Waals surface area contributed by atoms with Gasteiger partial charge in [0.1, 0.15) is 5.76 Å². The topological polar surface area (TPSA) is 38.1 Å². The first-order valence-corrected chi connectivity index (χ1v) is 5.00. The molecule has 13 heavy (non-hydrogen) atoms. The molecule has 3 nitrogen and oxygen atoms in total. The second-order valence-corrected chi connectivity index (χ2v) is 3.73. The second kappa shape index (κ2) is 3.92. The maximum absolute atomic E-state index is 5.31. The number of aromatic nitrogens is 1. The van der Waals surface area contributed by atoms with Gasteiger partial charge in [0.2, 0.25) is 0 Å². The van der Waals surface area contributed by atoms with Gasteiger partial charge in [-0.2, -0.15) is 0 Å². The van der Waals surface area contributed by atoms with Gasteiger partial charge in [0.05, 0.1) is 5.69 Å². The Morgan fingerprint density at radius 1 is 1.54 bits per heavy atom. The summed E-state index contributed by atoms with van der Waals surface area (Å²) in [6.07, 6.45) is 5.22. The van der Waals surface area contributed by atoms with E-state index in [0.717, 1.165) is 18.0 Å². The molecule has 0 radical (unpaired) electrons. The van der Waals surface area contributed by atoms with E-state index in [4.69, 9.17) is 4.52 Å². The highest BCUT2D eigenvalue weighted by atomic mass is 16.5. The third-order valence-electron chi connectivity index (χ3n) is 2.69. The number of rotatable bonds is 3. The fraction of sp³-hybridized carbons (Fsp3) is 0.700. The third kappa shape index (κ3) is 1.91. The van der Waals surface area contributed by atoms with Crippen molar-refractivity contribution >= 4 is 0 Å². The smallest absolute Gasteiger partial charge is 0.140 e. The van der Waals surface area contributed by atoms with Crippen LogP contribution in [0.15, 0.2) is 10.6 Å². The van der Waals surface area contributed by atoms with Crippen LogP contribution in [-0.2, 0) is 6.54 Å². The van der Waals surface area contributed by atoms with Gasteiger partial charge in [-0.1, -0.05) is 18.0 Å². The lowest BCUT2D eigenvalue weighted by Gasteiger charge is -2.00. The molecule has 0 aliphatic heterocycles. The lowest BCUT2D eigenvalue weighted by atomic mass is 10.1. The van der Waals surface area contributed by atoms with E-state index in [-0.39, 0.29) is 0 Å². The summed E-state index contributed by atoms with van der Waals surface area (Å²) in [5, 5.41) is 7.08. The summed E-state index contributed by atoms with van der Waals surface area (Å²) in [4.78, 5) is 0. The predicted molar refractivity (Wildman–Crippen MR) is 50.5 cm³/mol. The van der Waals surface area contributed by atoms with Gasteiger partial charge < -0.3 is 9.84 Å². The van der Waals surface area contributed by atoms with Gasteiger partial charge in [0.15, 0.2) is 0 Å². The molecular weight excluding hydrogens is 164 g/mol. The summed E-state index contributed by atoms with van der Waals surface area (Å²) in [6, 6.07) is 2.09. The fourth-order valence-electron chi connectivity index (χ4n) is 2.00. The molecule has 0 spiro atoms. The molecule has 1 aromatic rings. The van der Waals surface area contributed by atoms with Crippen molar-refractivity contribution in [2.75, 3.05) is 7.05 Å². The largest absolute Gasteiger partial charge is 0.361 e. The zero-order valence-corrected chi connectivity index (χ0v) is 8.05. The molecule has 1 aliphatic rings. The Labute approximate surface area is 78.5 Å². The first-order valence-electron chi connectivity index (χ1n) is 5.00. The molecule has 1 heterocycles. The Bertz CT molecular complexity index is 264. The van der Waals surface area contributed by atoms with Crippen LogP contribution in [0.4, 0.5) is 0 Å². The van der Waals surface area contributed by atoms with Crippen LogP contribution in [0, 0.1) is 0 Å². The molecule has 0 amide bonds. The van der Waals surface area contributed by atoms with Gasteiger partial charge in [-0.15, -0.1) is 0 Å². The van der Waals surface area contributed by atoms with Gasteiger partial charge in [0.25, 0.3) is 0 Å². The average molecular weight is 180 g/mol. The van der Waals surface area contributed by atoms with Gasteiger partial charge in [-0.25, -0.2) is 0 Å². The van der Waals surface area contributed by atoms with Crippen molar-refractivity contribution in [3.05, 3.63) is 17.5 Å². The van der Waals surface area contributed by atoms with Crippen LogP contribution in [0.1, 0.15) is 43.1 Å². The Kier molecular flexibility index (Phi) is 2.64. The highest BCUT2D eigenvalue weighted by Crippen LogP contribution is 2.34. The van der Waals surface area contributed by atoms with Crippen LogP contribution in [0.2, 0.25) is 0 Å². The average Bonchev–Trinajstić information content (AvgIpc) is 2.70. The first kappa shape index (κ1) is 8.75. The summed E-state index contributed by atoms with van der Waals surface area (Å²) in [6.45, 7) is 0.802. The van der Waals surface area contributed by atoms with Crippen molar-refractivity contribution in [3.8, 4) is 0 Å². The van der Waals surface area contributed by atoms with E-state index in [2.05, 4.69) is 16.5 Å². The summed E-state index contributed by atoms with van der Waals surface area (Å²) < 4.78 is 5.31. The maximum Gasteiger partial charge on any atom is 0.140 e. The summed E-state index contributed by atoms with van der Waals surface area (Å²) in [5.41, 5.74) is 1.02. The quantitative estimate of drug-likeness (QED) is 0.773. The molecule has 3 heteroatoms. The fourth-order valence-corrected chi connectivity index (χ4v) is 2.00. The van der Waals surface area contributed by atoms with E-state index in [0.29, 0.717) is 5.92 Å². The molecular formula is C10H16N2O. The summed E-state index contributed by atoms with van der Waals surface area (Å²) in [5.74, 6) is 1.72. The number of hydrogen-bond donors (Lipinski definition) is 1. The Hall–Kier alpha value is -0.830. The van der Waals surface area contributed by atoms with Crippen LogP contribution in [-0.4, -0.2) is 12.2 Å². The van der Waals surface area contributed by atoms with E-state index in [1.54, 1.807) is 0 Å². The van der Waals surface area contributed by atoms with Gasteiger partial charge >= 0.3 is 0 Å². The zero-order valence-electron chi connectivity index (χ0n) is 8.05. The van der Waals surface area contributed by atoms with E-state index in [1.807, 2.05) is 7.05 Å². The normalized spacial score (nSPS) is 18.2. The van der Waals surface area contributed by atoms with Crippen LogP contribution in [0.5, 0.6) is 0 Å². The SMILES string of the molecule is CNCc1cc(C2CCCC2)on1. The standard InChI is InChI=1S/C10H16N2O/c1-11-7-9-6-10(13-12-9)8-4-2-3-5-8/h6,8,11H,2-5,7H2,1H3. The van der Waals surface area contributed by atoms with E-state index in [1.165, 1.54) is 25.7 Å². The number of nitrogens with one attached hydrogen (secondary N) is 1. The Balaban J connectivity index is 2.03. The van der Waals surface area contributed by atoms with Gasteiger partial charge in [-0.3, -0.25) is 0 Å². The van der Waals surface area contributed by atoms with Crippen molar-refractivity contribution in [1.29, 1.82) is 0 Å². The van der Waals surface area contributed by atoms with Crippen LogP contribution in [0.3, 0.4) is 0 Å². The summed E-state index contributed by atoms with van der Waals surface area (Å²) >= 11 is 0. The molecule has 0 aromatic carbocycles. The minimum Gasteiger partial charge on any atom is -0.361 e. The predicted octanol–water partition coefficient (Wildman–Crippen LogP) is 2.05. The lowest BCUT2D eigenvalue weighted by Crippen LogP contribution is -2.04. The molecule has 0 unspecified atom stereocenters. The van der Waals surface area contributed by atoms with Crippen molar-refractivity contribution in [1.82, 2.24) is 10.5 Å². The zero-order chi connectivity index (χ0) is 9.10. The minimum atomic E-state index is 0.637. The van der Waals surface area contributed by atoms with Crippen molar-refractivity contribution in [3.63, 3.8) is 0 Å². The highest BCUT2D eigenvalue weighted by molar-refractivity contribution is 5.10. The molecule has 1 fully saturated rings. The molecule has 0 saturated heterocycles. The molecule has 0 atom stereocenters. The Morgan fingerprint density at radius 3 is 3.00 bits per heavy atom. The van der Waals surface area contributed by atoms with Gasteiger partial charge in [0, 0.05) is 18.5 Å². The molecule has 2 rings (SSSR count). The van der Waals surface area contributed by atoms with Crippen molar-refractivity contribution in [2.24, 2.45) is 0 Å². The molecule has 1 saturated carbocycles. The molecule has 1 N–H and O–H groups in total. The molecule has 1 aromatic heterocycles. The van der Waals surface area contributed by atoms with E-state index in [9.17, 15) is 0 Å². The highest BCUT2D eigenvalue weighted by Gasteiger charge is 2.20. The molecule has 1 aliphatic carbocycles.